The average Bonchev–Trinajstić information content (AvgIpc) is 2.88. The number of aryl methyl sites for hydroxylation is 1. The van der Waals surface area contributed by atoms with E-state index >= 15 is 0 Å². The second-order valence-electron chi connectivity index (χ2n) is 6.41. The highest BCUT2D eigenvalue weighted by molar-refractivity contribution is 7.15. The van der Waals surface area contributed by atoms with Crippen molar-refractivity contribution in [1.29, 1.82) is 0 Å². The highest BCUT2D eigenvalue weighted by atomic mass is 35.5. The van der Waals surface area contributed by atoms with E-state index in [1.807, 2.05) is 45.0 Å². The number of hydrogen-bond acceptors (Lipinski definition) is 4. The predicted octanol–water partition coefficient (Wildman–Crippen LogP) is 3.80. The topological polar surface area (TPSA) is 54.0 Å². The molecule has 1 saturated heterocycles. The van der Waals surface area contributed by atoms with Gasteiger partial charge in [-0.15, -0.1) is 11.3 Å². The van der Waals surface area contributed by atoms with E-state index in [0.29, 0.717) is 10.9 Å². The maximum Gasteiger partial charge on any atom is 0.223 e. The van der Waals surface area contributed by atoms with Crippen molar-refractivity contribution in [2.45, 2.75) is 26.8 Å². The van der Waals surface area contributed by atoms with Crippen LogP contribution in [0.2, 0.25) is 5.02 Å². The van der Waals surface area contributed by atoms with Crippen molar-refractivity contribution in [3.63, 3.8) is 0 Å². The molecular weight excluding hydrogens is 342 g/mol. The van der Waals surface area contributed by atoms with Gasteiger partial charge < -0.3 is 10.6 Å². The molecule has 0 bridgehead atoms. The molecule has 2 heterocycles. The molecule has 1 aliphatic heterocycles. The first-order chi connectivity index (χ1) is 11.5. The number of halogens is 1. The maximum absolute atomic E-state index is 12.4. The molecule has 128 valence electrons. The smallest absolute Gasteiger partial charge is 0.223 e. The number of aromatic nitrogens is 1. The van der Waals surface area contributed by atoms with Gasteiger partial charge in [0.25, 0.3) is 0 Å². The molecule has 3 rings (SSSR count). The number of carbonyl (C=O) groups excluding carboxylic acids is 1. The van der Waals surface area contributed by atoms with E-state index in [1.165, 1.54) is 0 Å². The van der Waals surface area contributed by atoms with E-state index in [4.69, 9.17) is 11.6 Å². The van der Waals surface area contributed by atoms with Crippen molar-refractivity contribution in [3.05, 3.63) is 39.9 Å². The van der Waals surface area contributed by atoms with Gasteiger partial charge in [0.15, 0.2) is 0 Å². The Balaban J connectivity index is 1.71. The van der Waals surface area contributed by atoms with E-state index < -0.39 is 0 Å². The Morgan fingerprint density at radius 2 is 2.00 bits per heavy atom. The summed E-state index contributed by atoms with van der Waals surface area (Å²) in [6.45, 7) is 7.89. The van der Waals surface area contributed by atoms with Gasteiger partial charge >= 0.3 is 0 Å². The fraction of sp³-hybridized carbons (Fsp3) is 0.444. The molecule has 4 nitrogen and oxygen atoms in total. The van der Waals surface area contributed by atoms with Crippen LogP contribution in [0.25, 0.3) is 10.6 Å². The zero-order chi connectivity index (χ0) is 17.3. The summed E-state index contributed by atoms with van der Waals surface area (Å²) in [7, 11) is 0. The monoisotopic (exact) mass is 363 g/mol. The minimum atomic E-state index is -0.0356. The Morgan fingerprint density at radius 1 is 1.33 bits per heavy atom. The minimum absolute atomic E-state index is 0.0356. The lowest BCUT2D eigenvalue weighted by Crippen LogP contribution is -2.49. The zero-order valence-electron chi connectivity index (χ0n) is 14.1. The van der Waals surface area contributed by atoms with Crippen LogP contribution in [0.1, 0.15) is 30.5 Å². The van der Waals surface area contributed by atoms with E-state index in [2.05, 4.69) is 15.6 Å². The molecule has 1 aromatic heterocycles. The Kier molecular flexibility index (Phi) is 5.23. The number of rotatable bonds is 5. The molecule has 0 aliphatic carbocycles. The number of benzene rings is 1. The van der Waals surface area contributed by atoms with E-state index in [-0.39, 0.29) is 17.9 Å². The average molecular weight is 364 g/mol. The lowest BCUT2D eigenvalue weighted by atomic mass is 9.88. The first kappa shape index (κ1) is 17.4. The van der Waals surface area contributed by atoms with Crippen LogP contribution in [-0.2, 0) is 4.79 Å². The summed E-state index contributed by atoms with van der Waals surface area (Å²) < 4.78 is 0. The number of carbonyl (C=O) groups is 1. The molecule has 2 aromatic rings. The number of nitrogens with zero attached hydrogens (tertiary/aromatic N) is 1. The summed E-state index contributed by atoms with van der Waals surface area (Å²) in [5.41, 5.74) is 2.02. The maximum atomic E-state index is 12.4. The quantitative estimate of drug-likeness (QED) is 0.849. The fourth-order valence-corrected chi connectivity index (χ4v) is 4.01. The highest BCUT2D eigenvalue weighted by Gasteiger charge is 2.29. The van der Waals surface area contributed by atoms with Gasteiger partial charge in [0, 0.05) is 16.5 Å². The molecule has 1 aliphatic rings. The first-order valence-electron chi connectivity index (χ1n) is 8.20. The van der Waals surface area contributed by atoms with Crippen molar-refractivity contribution < 1.29 is 4.79 Å². The molecule has 24 heavy (non-hydrogen) atoms. The summed E-state index contributed by atoms with van der Waals surface area (Å²) in [5.74, 6) is 0.608. The number of thiazole rings is 1. The number of amides is 1. The first-order valence-corrected chi connectivity index (χ1v) is 9.39. The highest BCUT2D eigenvalue weighted by Crippen LogP contribution is 2.32. The van der Waals surface area contributed by atoms with Crippen LogP contribution in [0.3, 0.4) is 0 Å². The third-order valence-corrected chi connectivity index (χ3v) is 6.25. The fourth-order valence-electron chi connectivity index (χ4n) is 2.81. The van der Waals surface area contributed by atoms with Crippen LogP contribution in [0.4, 0.5) is 0 Å². The van der Waals surface area contributed by atoms with Crippen LogP contribution in [-0.4, -0.2) is 24.0 Å². The van der Waals surface area contributed by atoms with E-state index in [9.17, 15) is 4.79 Å². The molecule has 1 aromatic carbocycles. The third kappa shape index (κ3) is 3.63. The van der Waals surface area contributed by atoms with Crippen LogP contribution in [0.5, 0.6) is 0 Å². The SMILES string of the molecule is Cc1nc(-c2ccc(Cl)cc2)sc1C(C)NC(=O)C(C)C1CNC1. The van der Waals surface area contributed by atoms with Crippen LogP contribution < -0.4 is 10.6 Å². The van der Waals surface area contributed by atoms with E-state index in [1.54, 1.807) is 11.3 Å². The van der Waals surface area contributed by atoms with Gasteiger partial charge in [-0.2, -0.15) is 0 Å². The van der Waals surface area contributed by atoms with Gasteiger partial charge in [0.1, 0.15) is 5.01 Å². The summed E-state index contributed by atoms with van der Waals surface area (Å²) in [6.07, 6.45) is 0. The molecule has 2 N–H and O–H groups in total. The second kappa shape index (κ2) is 7.21. The molecule has 1 amide bonds. The van der Waals surface area contributed by atoms with Crippen molar-refractivity contribution >= 4 is 28.8 Å². The molecule has 1 fully saturated rings. The predicted molar refractivity (Wildman–Crippen MR) is 99.4 cm³/mol. The van der Waals surface area contributed by atoms with Crippen molar-refractivity contribution in [1.82, 2.24) is 15.6 Å². The van der Waals surface area contributed by atoms with Crippen LogP contribution in [0.15, 0.2) is 24.3 Å². The molecular formula is C18H22ClN3OS. The van der Waals surface area contributed by atoms with Crippen molar-refractivity contribution in [3.8, 4) is 10.6 Å². The molecule has 2 unspecified atom stereocenters. The number of nitrogens with one attached hydrogen (secondary N) is 2. The normalized spacial score (nSPS) is 17.2. The summed E-state index contributed by atoms with van der Waals surface area (Å²) >= 11 is 7.57. The van der Waals surface area contributed by atoms with Crippen molar-refractivity contribution in [2.75, 3.05) is 13.1 Å². The molecule has 0 spiro atoms. The second-order valence-corrected chi connectivity index (χ2v) is 7.88. The largest absolute Gasteiger partial charge is 0.348 e. The van der Waals surface area contributed by atoms with E-state index in [0.717, 1.165) is 34.2 Å². The Bertz CT molecular complexity index is 724. The zero-order valence-corrected chi connectivity index (χ0v) is 15.7. The van der Waals surface area contributed by atoms with Gasteiger partial charge in [-0.1, -0.05) is 30.7 Å². The standard InChI is InChI=1S/C18H22ClN3OS/c1-10(14-8-20-9-14)17(23)21-11(2)16-12(3)22-18(24-16)13-4-6-15(19)7-5-13/h4-7,10-11,14,20H,8-9H2,1-3H3,(H,21,23). The molecule has 6 heteroatoms. The lowest BCUT2D eigenvalue weighted by Gasteiger charge is -2.32. The lowest BCUT2D eigenvalue weighted by molar-refractivity contribution is -0.127. The Labute approximate surface area is 151 Å². The van der Waals surface area contributed by atoms with Gasteiger partial charge in [-0.25, -0.2) is 4.98 Å². The van der Waals surface area contributed by atoms with Crippen LogP contribution >= 0.6 is 22.9 Å². The molecule has 2 atom stereocenters. The van der Waals surface area contributed by atoms with Crippen LogP contribution in [0, 0.1) is 18.8 Å². The minimum Gasteiger partial charge on any atom is -0.348 e. The summed E-state index contributed by atoms with van der Waals surface area (Å²) in [4.78, 5) is 18.2. The van der Waals surface area contributed by atoms with Gasteiger partial charge in [0.2, 0.25) is 5.91 Å². The number of hydrogen-bond donors (Lipinski definition) is 2. The Hall–Kier alpha value is -1.43. The molecule has 0 radical (unpaired) electrons. The van der Waals surface area contributed by atoms with Crippen molar-refractivity contribution in [2.24, 2.45) is 11.8 Å². The molecule has 0 saturated carbocycles. The summed E-state index contributed by atoms with van der Waals surface area (Å²) in [6, 6.07) is 7.64. The third-order valence-electron chi connectivity index (χ3n) is 4.61. The van der Waals surface area contributed by atoms with Gasteiger partial charge in [-0.05, 0) is 45.0 Å². The van der Waals surface area contributed by atoms with Gasteiger partial charge in [0.05, 0.1) is 16.6 Å². The Morgan fingerprint density at radius 3 is 2.58 bits per heavy atom. The van der Waals surface area contributed by atoms with Gasteiger partial charge in [-0.3, -0.25) is 4.79 Å². The summed E-state index contributed by atoms with van der Waals surface area (Å²) in [5, 5.41) is 8.03.